The highest BCUT2D eigenvalue weighted by Gasteiger charge is 2.21. The van der Waals surface area contributed by atoms with Crippen LogP contribution >= 0.6 is 11.3 Å². The third kappa shape index (κ3) is 4.19. The van der Waals surface area contributed by atoms with Crippen molar-refractivity contribution in [1.82, 2.24) is 4.98 Å². The Labute approximate surface area is 178 Å². The van der Waals surface area contributed by atoms with Crippen molar-refractivity contribution in [2.75, 3.05) is 11.1 Å². The van der Waals surface area contributed by atoms with Crippen molar-refractivity contribution in [3.63, 3.8) is 0 Å². The van der Waals surface area contributed by atoms with Crippen LogP contribution in [0, 0.1) is 0 Å². The molecule has 4 aromatic rings. The summed E-state index contributed by atoms with van der Waals surface area (Å²) in [6.07, 6.45) is 0. The summed E-state index contributed by atoms with van der Waals surface area (Å²) in [5.74, 6) is 0.795. The molecule has 1 amide bonds. The van der Waals surface area contributed by atoms with Crippen LogP contribution in [0.3, 0.4) is 0 Å². The number of anilines is 1. The van der Waals surface area contributed by atoms with Crippen molar-refractivity contribution in [2.24, 2.45) is 0 Å². The second-order valence-corrected chi connectivity index (χ2v) is 9.69. The number of aromatic nitrogens is 1. The molecule has 0 fully saturated rings. The van der Waals surface area contributed by atoms with E-state index >= 15 is 0 Å². The van der Waals surface area contributed by atoms with Gasteiger partial charge in [-0.2, -0.15) is 0 Å². The first-order valence-electron chi connectivity index (χ1n) is 9.23. The van der Waals surface area contributed by atoms with Gasteiger partial charge in [0.2, 0.25) is 0 Å². The number of thiazole rings is 1. The number of hydrogen-bond acceptors (Lipinski definition) is 6. The minimum Gasteiger partial charge on any atom is -0.457 e. The molecule has 0 unspecified atom stereocenters. The number of nitrogens with zero attached hydrogens (tertiary/aromatic N) is 1. The molecule has 3 aromatic carbocycles. The predicted octanol–water partition coefficient (Wildman–Crippen LogP) is 5.13. The number of carbonyl (C=O) groups excluding carboxylic acids is 1. The zero-order chi connectivity index (χ0) is 21.1. The Hall–Kier alpha value is -3.23. The molecular weight excluding hydrogens is 420 g/mol. The van der Waals surface area contributed by atoms with Gasteiger partial charge in [0.1, 0.15) is 11.5 Å². The number of amides is 1. The molecule has 0 spiro atoms. The molecule has 1 heterocycles. The molecule has 0 saturated heterocycles. The number of hydrogen-bond donors (Lipinski definition) is 1. The number of carbonyl (C=O) groups is 1. The summed E-state index contributed by atoms with van der Waals surface area (Å²) < 4.78 is 31.3. The highest BCUT2D eigenvalue weighted by Crippen LogP contribution is 2.31. The number of rotatable bonds is 6. The summed E-state index contributed by atoms with van der Waals surface area (Å²) in [6.45, 7) is 1.55. The molecule has 1 N–H and O–H groups in total. The maximum atomic E-state index is 12.7. The molecular formula is C22H18N2O4S2. The Kier molecular flexibility index (Phi) is 5.52. The number of nitrogens with one attached hydrogen (secondary N) is 1. The predicted molar refractivity (Wildman–Crippen MR) is 118 cm³/mol. The maximum absolute atomic E-state index is 12.7. The second-order valence-electron chi connectivity index (χ2n) is 6.42. The Morgan fingerprint density at radius 2 is 1.73 bits per heavy atom. The van der Waals surface area contributed by atoms with Crippen LogP contribution in [-0.2, 0) is 9.84 Å². The highest BCUT2D eigenvalue weighted by molar-refractivity contribution is 7.91. The molecule has 6 nitrogen and oxygen atoms in total. The number of fused-ring (bicyclic) bond motifs is 1. The van der Waals surface area contributed by atoms with Crippen LogP contribution in [0.25, 0.3) is 10.2 Å². The van der Waals surface area contributed by atoms with E-state index in [1.807, 2.05) is 48.5 Å². The van der Waals surface area contributed by atoms with Crippen molar-refractivity contribution in [2.45, 2.75) is 11.8 Å². The fourth-order valence-electron chi connectivity index (χ4n) is 2.89. The standard InChI is InChI=1S/C22H18N2O4S2/c1-2-30(26,27)20-11-7-6-10-17(20)21(25)24-22-23-18-13-12-16(14-19(18)29-22)28-15-8-4-3-5-9-15/h3-14H,2H2,1H3,(H,23,24,25). The highest BCUT2D eigenvalue weighted by atomic mass is 32.2. The summed E-state index contributed by atoms with van der Waals surface area (Å²) >= 11 is 1.29. The molecule has 30 heavy (non-hydrogen) atoms. The summed E-state index contributed by atoms with van der Waals surface area (Å²) in [5.41, 5.74) is 0.817. The van der Waals surface area contributed by atoms with Gasteiger partial charge in [0.15, 0.2) is 15.0 Å². The minimum absolute atomic E-state index is 0.0182. The van der Waals surface area contributed by atoms with E-state index < -0.39 is 15.7 Å². The van der Waals surface area contributed by atoms with Crippen LogP contribution in [0.2, 0.25) is 0 Å². The molecule has 0 atom stereocenters. The average Bonchev–Trinajstić information content (AvgIpc) is 3.16. The number of sulfone groups is 1. The molecule has 8 heteroatoms. The smallest absolute Gasteiger partial charge is 0.258 e. The van der Waals surface area contributed by atoms with Crippen LogP contribution < -0.4 is 10.1 Å². The van der Waals surface area contributed by atoms with Crippen molar-refractivity contribution < 1.29 is 17.9 Å². The lowest BCUT2D eigenvalue weighted by Crippen LogP contribution is -2.17. The van der Waals surface area contributed by atoms with Crippen LogP contribution in [0.15, 0.2) is 77.7 Å². The van der Waals surface area contributed by atoms with Gasteiger partial charge < -0.3 is 4.74 Å². The molecule has 0 radical (unpaired) electrons. The van der Waals surface area contributed by atoms with Crippen molar-refractivity contribution in [1.29, 1.82) is 0 Å². The second kappa shape index (κ2) is 8.25. The van der Waals surface area contributed by atoms with E-state index in [2.05, 4.69) is 10.3 Å². The van der Waals surface area contributed by atoms with E-state index in [1.54, 1.807) is 19.1 Å². The van der Waals surface area contributed by atoms with Crippen LogP contribution in [0.4, 0.5) is 5.13 Å². The zero-order valence-corrected chi connectivity index (χ0v) is 17.7. The monoisotopic (exact) mass is 438 g/mol. The quantitative estimate of drug-likeness (QED) is 0.451. The van der Waals surface area contributed by atoms with Gasteiger partial charge >= 0.3 is 0 Å². The van der Waals surface area contributed by atoms with E-state index in [-0.39, 0.29) is 16.2 Å². The van der Waals surface area contributed by atoms with E-state index in [0.29, 0.717) is 16.4 Å². The Bertz CT molecular complexity index is 1320. The van der Waals surface area contributed by atoms with Gasteiger partial charge in [0.05, 0.1) is 26.4 Å². The molecule has 0 aliphatic carbocycles. The summed E-state index contributed by atoms with van der Waals surface area (Å²) in [5, 5.41) is 3.10. The average molecular weight is 439 g/mol. The van der Waals surface area contributed by atoms with Gasteiger partial charge in [0, 0.05) is 6.07 Å². The number of ether oxygens (including phenoxy) is 1. The molecule has 0 aliphatic heterocycles. The topological polar surface area (TPSA) is 85.4 Å². The van der Waals surface area contributed by atoms with Crippen molar-refractivity contribution in [3.8, 4) is 11.5 Å². The number of para-hydroxylation sites is 1. The lowest BCUT2D eigenvalue weighted by molar-refractivity contribution is 0.102. The molecule has 0 saturated carbocycles. The summed E-state index contributed by atoms with van der Waals surface area (Å²) in [7, 11) is -3.52. The van der Waals surface area contributed by atoms with Crippen molar-refractivity contribution in [3.05, 3.63) is 78.4 Å². The third-order valence-electron chi connectivity index (χ3n) is 4.41. The number of benzene rings is 3. The van der Waals surface area contributed by atoms with Crippen LogP contribution in [0.5, 0.6) is 11.5 Å². The van der Waals surface area contributed by atoms with Crippen molar-refractivity contribution >= 4 is 42.4 Å². The lowest BCUT2D eigenvalue weighted by atomic mass is 10.2. The van der Waals surface area contributed by atoms with Gasteiger partial charge in [0.25, 0.3) is 5.91 Å². The largest absolute Gasteiger partial charge is 0.457 e. The van der Waals surface area contributed by atoms with Gasteiger partial charge in [-0.05, 0) is 36.4 Å². The molecule has 152 valence electrons. The van der Waals surface area contributed by atoms with Gasteiger partial charge in [-0.15, -0.1) is 0 Å². The third-order valence-corrected chi connectivity index (χ3v) is 7.13. The summed E-state index contributed by atoms with van der Waals surface area (Å²) in [4.78, 5) is 17.2. The van der Waals surface area contributed by atoms with Crippen LogP contribution in [0.1, 0.15) is 17.3 Å². The molecule has 1 aromatic heterocycles. The fourth-order valence-corrected chi connectivity index (χ4v) is 4.87. The SMILES string of the molecule is CCS(=O)(=O)c1ccccc1C(=O)Nc1nc2ccc(Oc3ccccc3)cc2s1. The Balaban J connectivity index is 1.58. The molecule has 0 aliphatic rings. The first kappa shape index (κ1) is 20.1. The minimum atomic E-state index is -3.52. The van der Waals surface area contributed by atoms with Gasteiger partial charge in [-0.3, -0.25) is 10.1 Å². The normalized spacial score (nSPS) is 11.4. The first-order chi connectivity index (χ1) is 14.5. The van der Waals surface area contributed by atoms with Gasteiger partial charge in [-0.1, -0.05) is 48.6 Å². The van der Waals surface area contributed by atoms with E-state index in [0.717, 1.165) is 10.4 Å². The van der Waals surface area contributed by atoms with Crippen LogP contribution in [-0.4, -0.2) is 25.1 Å². The zero-order valence-electron chi connectivity index (χ0n) is 16.0. The fraction of sp³-hybridized carbons (Fsp3) is 0.0909. The Morgan fingerprint density at radius 3 is 2.50 bits per heavy atom. The van der Waals surface area contributed by atoms with Gasteiger partial charge in [-0.25, -0.2) is 13.4 Å². The van der Waals surface area contributed by atoms with E-state index in [4.69, 9.17) is 4.74 Å². The Morgan fingerprint density at radius 1 is 1.00 bits per heavy atom. The molecule has 4 rings (SSSR count). The molecule has 0 bridgehead atoms. The first-order valence-corrected chi connectivity index (χ1v) is 11.7. The maximum Gasteiger partial charge on any atom is 0.258 e. The van der Waals surface area contributed by atoms with E-state index in [1.165, 1.54) is 23.5 Å². The summed E-state index contributed by atoms with van der Waals surface area (Å²) in [6, 6.07) is 21.1. The lowest BCUT2D eigenvalue weighted by Gasteiger charge is -2.08. The van der Waals surface area contributed by atoms with E-state index in [9.17, 15) is 13.2 Å².